The second kappa shape index (κ2) is 4.32. The normalized spacial score (nSPS) is 36.2. The highest BCUT2D eigenvalue weighted by Crippen LogP contribution is 2.61. The first kappa shape index (κ1) is 12.4. The van der Waals surface area contributed by atoms with Crippen LogP contribution in [0.5, 0.6) is 0 Å². The van der Waals surface area contributed by atoms with Crippen molar-refractivity contribution in [3.8, 4) is 0 Å². The number of hydrogen-bond acceptors (Lipinski definition) is 1. The van der Waals surface area contributed by atoms with Gasteiger partial charge in [-0.05, 0) is 56.8 Å². The Kier molecular flexibility index (Phi) is 3.15. The van der Waals surface area contributed by atoms with Gasteiger partial charge in [0.15, 0.2) is 0 Å². The van der Waals surface area contributed by atoms with Gasteiger partial charge in [0.2, 0.25) is 0 Å². The number of fused-ring (bicyclic) bond motifs is 1. The largest absolute Gasteiger partial charge is 0.478 e. The second-order valence-electron chi connectivity index (χ2n) is 5.91. The lowest BCUT2D eigenvalue weighted by atomic mass is 9.47. The smallest absolute Gasteiger partial charge is 0.330 e. The quantitative estimate of drug-likeness (QED) is 0.593. The maximum Gasteiger partial charge on any atom is 0.330 e. The summed E-state index contributed by atoms with van der Waals surface area (Å²) in [7, 11) is 0. The van der Waals surface area contributed by atoms with Crippen LogP contribution in [-0.2, 0) is 4.79 Å². The molecular weight excluding hydrogens is 212 g/mol. The summed E-state index contributed by atoms with van der Waals surface area (Å²) in [5.74, 6) is 0.787. The summed E-state index contributed by atoms with van der Waals surface area (Å²) in [6.07, 6.45) is 8.85. The maximum atomic E-state index is 10.7. The minimum absolute atomic E-state index is 0.425. The van der Waals surface area contributed by atoms with Gasteiger partial charge >= 0.3 is 5.97 Å². The first-order chi connectivity index (χ1) is 7.95. The lowest BCUT2D eigenvalue weighted by Gasteiger charge is -2.58. The Morgan fingerprint density at radius 3 is 2.88 bits per heavy atom. The molecule has 3 atom stereocenters. The van der Waals surface area contributed by atoms with E-state index in [-0.39, 0.29) is 0 Å². The molecule has 0 spiro atoms. The van der Waals surface area contributed by atoms with Crippen molar-refractivity contribution in [2.75, 3.05) is 0 Å². The van der Waals surface area contributed by atoms with Crippen molar-refractivity contribution in [2.24, 2.45) is 17.3 Å². The minimum Gasteiger partial charge on any atom is -0.478 e. The predicted molar refractivity (Wildman–Crippen MR) is 68.7 cm³/mol. The van der Waals surface area contributed by atoms with Gasteiger partial charge in [-0.15, -0.1) is 0 Å². The van der Waals surface area contributed by atoms with E-state index >= 15 is 0 Å². The van der Waals surface area contributed by atoms with E-state index in [9.17, 15) is 4.79 Å². The molecule has 1 saturated carbocycles. The van der Waals surface area contributed by atoms with Crippen molar-refractivity contribution in [1.82, 2.24) is 0 Å². The number of allylic oxidation sites excluding steroid dienone is 3. The molecule has 3 rings (SSSR count). The average molecular weight is 234 g/mol. The maximum absolute atomic E-state index is 10.7. The number of aliphatic carboxylic acids is 1. The highest BCUT2D eigenvalue weighted by molar-refractivity contribution is 5.85. The number of carboxylic acids is 1. The van der Waals surface area contributed by atoms with E-state index in [1.54, 1.807) is 12.5 Å². The molecule has 17 heavy (non-hydrogen) atoms. The van der Waals surface area contributed by atoms with E-state index in [0.29, 0.717) is 11.0 Å². The Hall–Kier alpha value is -1.05. The van der Waals surface area contributed by atoms with Crippen LogP contribution in [0.15, 0.2) is 23.3 Å². The van der Waals surface area contributed by atoms with Crippen LogP contribution in [0.4, 0.5) is 0 Å². The molecule has 0 aromatic heterocycles. The molecule has 1 N–H and O–H groups in total. The standard InChI is InChI=1S/C15H22O2/c1-10-6-7-12-9-13(10)15(12,3)8-4-5-11(2)14(16)17/h5-6,12-13H,4,7-9H2,1-3H3,(H,16,17)/b11-5+/t12-,13-,15-/m0/s1. The molecule has 0 saturated heterocycles. The third kappa shape index (κ3) is 2.05. The fraction of sp³-hybridized carbons (Fsp3) is 0.667. The van der Waals surface area contributed by atoms with Crippen LogP contribution < -0.4 is 0 Å². The summed E-state index contributed by atoms with van der Waals surface area (Å²) >= 11 is 0. The average Bonchev–Trinajstić information content (AvgIpc) is 2.27. The summed E-state index contributed by atoms with van der Waals surface area (Å²) in [6.45, 7) is 6.31. The van der Waals surface area contributed by atoms with Crippen LogP contribution in [0.2, 0.25) is 0 Å². The fourth-order valence-electron chi connectivity index (χ4n) is 3.55. The van der Waals surface area contributed by atoms with Gasteiger partial charge in [0.1, 0.15) is 0 Å². The summed E-state index contributed by atoms with van der Waals surface area (Å²) in [6, 6.07) is 0. The Morgan fingerprint density at radius 2 is 2.35 bits per heavy atom. The molecule has 3 aliphatic rings. The minimum atomic E-state index is -0.792. The van der Waals surface area contributed by atoms with Crippen LogP contribution in [-0.4, -0.2) is 11.1 Å². The van der Waals surface area contributed by atoms with Crippen LogP contribution in [0.3, 0.4) is 0 Å². The highest BCUT2D eigenvalue weighted by atomic mass is 16.4. The predicted octanol–water partition coefficient (Wildman–Crippen LogP) is 3.79. The molecule has 94 valence electrons. The first-order valence-corrected chi connectivity index (χ1v) is 6.52. The van der Waals surface area contributed by atoms with E-state index in [1.165, 1.54) is 12.8 Å². The van der Waals surface area contributed by atoms with Crippen molar-refractivity contribution < 1.29 is 9.90 Å². The lowest BCUT2D eigenvalue weighted by molar-refractivity contribution is -0.132. The molecule has 0 heterocycles. The summed E-state index contributed by atoms with van der Waals surface area (Å²) < 4.78 is 0. The van der Waals surface area contributed by atoms with Crippen LogP contribution in [0.1, 0.15) is 46.5 Å². The summed E-state index contributed by atoms with van der Waals surface area (Å²) in [4.78, 5) is 10.7. The zero-order chi connectivity index (χ0) is 12.6. The first-order valence-electron chi connectivity index (χ1n) is 6.52. The SMILES string of the molecule is CC1=CC[C@H]2C[C@@H]1[C@@]2(C)CC/C=C(\C)C(=O)O. The molecule has 0 amide bonds. The van der Waals surface area contributed by atoms with E-state index in [0.717, 1.165) is 24.7 Å². The van der Waals surface area contributed by atoms with Gasteiger partial charge in [-0.25, -0.2) is 4.79 Å². The zero-order valence-electron chi connectivity index (χ0n) is 11.0. The summed E-state index contributed by atoms with van der Waals surface area (Å²) in [5.41, 5.74) is 2.45. The van der Waals surface area contributed by atoms with Crippen LogP contribution in [0, 0.1) is 17.3 Å². The topological polar surface area (TPSA) is 37.3 Å². The molecule has 2 bridgehead atoms. The molecule has 0 aliphatic heterocycles. The monoisotopic (exact) mass is 234 g/mol. The Balaban J connectivity index is 1.95. The van der Waals surface area contributed by atoms with Gasteiger partial charge in [-0.3, -0.25) is 0 Å². The van der Waals surface area contributed by atoms with Gasteiger partial charge in [0, 0.05) is 5.57 Å². The molecule has 0 aromatic carbocycles. The van der Waals surface area contributed by atoms with Gasteiger partial charge < -0.3 is 5.11 Å². The van der Waals surface area contributed by atoms with Gasteiger partial charge in [-0.2, -0.15) is 0 Å². The molecule has 0 radical (unpaired) electrons. The molecule has 0 unspecified atom stereocenters. The summed E-state index contributed by atoms with van der Waals surface area (Å²) in [5, 5.41) is 8.81. The Labute approximate surface area is 103 Å². The van der Waals surface area contributed by atoms with Gasteiger partial charge in [0.05, 0.1) is 0 Å². The van der Waals surface area contributed by atoms with Crippen molar-refractivity contribution >= 4 is 5.97 Å². The van der Waals surface area contributed by atoms with Crippen LogP contribution >= 0.6 is 0 Å². The van der Waals surface area contributed by atoms with Crippen LogP contribution in [0.25, 0.3) is 0 Å². The van der Waals surface area contributed by atoms with Crippen molar-refractivity contribution in [3.63, 3.8) is 0 Å². The van der Waals surface area contributed by atoms with E-state index < -0.39 is 5.97 Å². The third-order valence-electron chi connectivity index (χ3n) is 4.99. The number of rotatable bonds is 4. The van der Waals surface area contributed by atoms with Crippen molar-refractivity contribution in [2.45, 2.75) is 46.5 Å². The number of carbonyl (C=O) groups is 1. The Bertz CT molecular complexity index is 392. The zero-order valence-corrected chi connectivity index (χ0v) is 11.0. The molecule has 0 aromatic rings. The van der Waals surface area contributed by atoms with E-state index in [2.05, 4.69) is 19.9 Å². The van der Waals surface area contributed by atoms with Gasteiger partial charge in [-0.1, -0.05) is 24.6 Å². The number of hydrogen-bond donors (Lipinski definition) is 1. The molecular formula is C15H22O2. The van der Waals surface area contributed by atoms with E-state index in [1.807, 2.05) is 6.08 Å². The molecule has 3 aliphatic carbocycles. The molecule has 2 nitrogen and oxygen atoms in total. The van der Waals surface area contributed by atoms with E-state index in [4.69, 9.17) is 5.11 Å². The highest BCUT2D eigenvalue weighted by Gasteiger charge is 2.52. The number of carboxylic acid groups (broad SMARTS) is 1. The van der Waals surface area contributed by atoms with Crippen molar-refractivity contribution in [1.29, 1.82) is 0 Å². The van der Waals surface area contributed by atoms with Crippen molar-refractivity contribution in [3.05, 3.63) is 23.3 Å². The Morgan fingerprint density at radius 1 is 1.65 bits per heavy atom. The molecule has 2 heteroatoms. The second-order valence-corrected chi connectivity index (χ2v) is 5.91. The third-order valence-corrected chi connectivity index (χ3v) is 4.99. The fourth-order valence-corrected chi connectivity index (χ4v) is 3.55. The van der Waals surface area contributed by atoms with Gasteiger partial charge in [0.25, 0.3) is 0 Å². The molecule has 1 fully saturated rings. The lowest BCUT2D eigenvalue weighted by Crippen LogP contribution is -2.49.